The van der Waals surface area contributed by atoms with Gasteiger partial charge in [0.1, 0.15) is 0 Å². The van der Waals surface area contributed by atoms with Crippen LogP contribution in [0.2, 0.25) is 0 Å². The molecule has 7 heteroatoms. The summed E-state index contributed by atoms with van der Waals surface area (Å²) in [5, 5.41) is 6.07. The first-order chi connectivity index (χ1) is 11.2. The largest absolute Gasteiger partial charge is 0.343 e. The van der Waals surface area contributed by atoms with Gasteiger partial charge in [-0.3, -0.25) is 14.5 Å². The van der Waals surface area contributed by atoms with Crippen LogP contribution >= 0.6 is 12.4 Å². The van der Waals surface area contributed by atoms with Gasteiger partial charge in [0.2, 0.25) is 5.91 Å². The molecular weight excluding hydrogens is 328 g/mol. The number of benzene rings is 1. The Labute approximate surface area is 149 Å². The fraction of sp³-hybridized carbons (Fsp3) is 0.529. The summed E-state index contributed by atoms with van der Waals surface area (Å²) in [6.45, 7) is 5.79. The summed E-state index contributed by atoms with van der Waals surface area (Å²) in [5.74, 6) is -0.191. The molecule has 2 fully saturated rings. The molecule has 0 aromatic heterocycles. The molecule has 2 saturated heterocycles. The van der Waals surface area contributed by atoms with E-state index in [1.54, 1.807) is 12.1 Å². The van der Waals surface area contributed by atoms with E-state index in [0.717, 1.165) is 45.7 Å². The molecule has 1 aromatic rings. The third-order valence-corrected chi connectivity index (χ3v) is 4.62. The van der Waals surface area contributed by atoms with Crippen LogP contribution < -0.4 is 10.6 Å². The highest BCUT2D eigenvalue weighted by Gasteiger charge is 2.30. The molecule has 132 valence electrons. The van der Waals surface area contributed by atoms with Gasteiger partial charge >= 0.3 is 0 Å². The quantitative estimate of drug-likeness (QED) is 0.820. The number of piperazine rings is 1. The summed E-state index contributed by atoms with van der Waals surface area (Å²) in [6, 6.07) is 9.45. The molecule has 2 aliphatic rings. The van der Waals surface area contributed by atoms with Crippen molar-refractivity contribution < 1.29 is 9.59 Å². The number of carbonyl (C=O) groups excluding carboxylic acids is 2. The molecule has 0 spiro atoms. The van der Waals surface area contributed by atoms with Crippen molar-refractivity contribution in [1.82, 2.24) is 20.4 Å². The molecule has 0 aliphatic carbocycles. The van der Waals surface area contributed by atoms with Crippen LogP contribution in [0.3, 0.4) is 0 Å². The van der Waals surface area contributed by atoms with E-state index in [4.69, 9.17) is 0 Å². The summed E-state index contributed by atoms with van der Waals surface area (Å²) in [5.41, 5.74) is 0.584. The lowest BCUT2D eigenvalue weighted by molar-refractivity contribution is -0.129. The SMILES string of the molecule is Cl.O=C(NCC(=O)N1CCC(N2CCNCC2)C1)c1ccccc1. The number of amides is 2. The van der Waals surface area contributed by atoms with Crippen molar-refractivity contribution in [2.24, 2.45) is 0 Å². The van der Waals surface area contributed by atoms with Crippen molar-refractivity contribution in [3.8, 4) is 0 Å². The number of halogens is 1. The predicted molar refractivity (Wildman–Crippen MR) is 95.5 cm³/mol. The van der Waals surface area contributed by atoms with E-state index in [2.05, 4.69) is 15.5 Å². The molecule has 2 heterocycles. The van der Waals surface area contributed by atoms with Crippen LogP contribution in [0, 0.1) is 0 Å². The van der Waals surface area contributed by atoms with Crippen LogP contribution in [-0.4, -0.2) is 73.5 Å². The van der Waals surface area contributed by atoms with Gasteiger partial charge in [-0.2, -0.15) is 0 Å². The highest BCUT2D eigenvalue weighted by atomic mass is 35.5. The number of nitrogens with zero attached hydrogens (tertiary/aromatic N) is 2. The standard InChI is InChI=1S/C17H24N4O2.ClH/c22-16(12-19-17(23)14-4-2-1-3-5-14)21-9-6-15(13-21)20-10-7-18-8-11-20;/h1-5,15,18H,6-13H2,(H,19,23);1H. The Morgan fingerprint density at radius 3 is 2.54 bits per heavy atom. The summed E-state index contributed by atoms with van der Waals surface area (Å²) < 4.78 is 0. The Bertz CT molecular complexity index is 549. The van der Waals surface area contributed by atoms with Crippen LogP contribution in [0.5, 0.6) is 0 Å². The maximum Gasteiger partial charge on any atom is 0.251 e. The number of nitrogens with one attached hydrogen (secondary N) is 2. The topological polar surface area (TPSA) is 64.7 Å². The van der Waals surface area contributed by atoms with Gasteiger partial charge in [-0.05, 0) is 18.6 Å². The third-order valence-electron chi connectivity index (χ3n) is 4.62. The van der Waals surface area contributed by atoms with Crippen LogP contribution in [0.4, 0.5) is 0 Å². The van der Waals surface area contributed by atoms with Crippen LogP contribution in [0.15, 0.2) is 30.3 Å². The van der Waals surface area contributed by atoms with Gasteiger partial charge in [-0.1, -0.05) is 18.2 Å². The lowest BCUT2D eigenvalue weighted by atomic mass is 10.2. The molecule has 0 bridgehead atoms. The van der Waals surface area contributed by atoms with Crippen molar-refractivity contribution in [2.45, 2.75) is 12.5 Å². The second kappa shape index (κ2) is 9.01. The van der Waals surface area contributed by atoms with E-state index in [0.29, 0.717) is 11.6 Å². The highest BCUT2D eigenvalue weighted by molar-refractivity contribution is 5.96. The van der Waals surface area contributed by atoms with E-state index in [9.17, 15) is 9.59 Å². The van der Waals surface area contributed by atoms with Crippen molar-refractivity contribution >= 4 is 24.2 Å². The predicted octanol–water partition coefficient (Wildman–Crippen LogP) is 0.344. The molecule has 1 unspecified atom stereocenters. The second-order valence-corrected chi connectivity index (χ2v) is 6.12. The average Bonchev–Trinajstić information content (AvgIpc) is 3.11. The van der Waals surface area contributed by atoms with Crippen molar-refractivity contribution in [2.75, 3.05) is 45.8 Å². The molecule has 0 radical (unpaired) electrons. The first-order valence-corrected chi connectivity index (χ1v) is 8.30. The molecule has 24 heavy (non-hydrogen) atoms. The maximum absolute atomic E-state index is 12.3. The van der Waals surface area contributed by atoms with Crippen LogP contribution in [0.25, 0.3) is 0 Å². The van der Waals surface area contributed by atoms with E-state index < -0.39 is 0 Å². The Morgan fingerprint density at radius 2 is 1.83 bits per heavy atom. The zero-order chi connectivity index (χ0) is 16.1. The molecule has 3 rings (SSSR count). The lowest BCUT2D eigenvalue weighted by Gasteiger charge is -2.32. The molecule has 6 nitrogen and oxygen atoms in total. The maximum atomic E-state index is 12.3. The van der Waals surface area contributed by atoms with Gasteiger partial charge in [0.15, 0.2) is 0 Å². The normalized spacial score (nSPS) is 21.2. The van der Waals surface area contributed by atoms with Crippen molar-refractivity contribution in [1.29, 1.82) is 0 Å². The molecule has 2 aliphatic heterocycles. The minimum Gasteiger partial charge on any atom is -0.343 e. The Morgan fingerprint density at radius 1 is 1.12 bits per heavy atom. The van der Waals surface area contributed by atoms with Gasteiger partial charge in [0.05, 0.1) is 6.54 Å². The zero-order valence-electron chi connectivity index (χ0n) is 13.7. The number of hydrogen-bond acceptors (Lipinski definition) is 4. The first kappa shape index (κ1) is 18.7. The molecule has 2 N–H and O–H groups in total. The van der Waals surface area contributed by atoms with Crippen LogP contribution in [0.1, 0.15) is 16.8 Å². The molecule has 1 atom stereocenters. The third kappa shape index (κ3) is 4.69. The second-order valence-electron chi connectivity index (χ2n) is 6.12. The summed E-state index contributed by atoms with van der Waals surface area (Å²) in [4.78, 5) is 28.6. The summed E-state index contributed by atoms with van der Waals surface area (Å²) in [6.07, 6.45) is 1.03. The first-order valence-electron chi connectivity index (χ1n) is 8.30. The van der Waals surface area contributed by atoms with Gasteiger partial charge in [0.25, 0.3) is 5.91 Å². The monoisotopic (exact) mass is 352 g/mol. The average molecular weight is 353 g/mol. The van der Waals surface area contributed by atoms with Crippen molar-refractivity contribution in [3.05, 3.63) is 35.9 Å². The molecular formula is C17H25ClN4O2. The number of carbonyl (C=O) groups is 2. The van der Waals surface area contributed by atoms with Gasteiger partial charge in [-0.25, -0.2) is 0 Å². The van der Waals surface area contributed by atoms with Crippen molar-refractivity contribution in [3.63, 3.8) is 0 Å². The number of hydrogen-bond donors (Lipinski definition) is 2. The minimum absolute atomic E-state index is 0. The van der Waals surface area contributed by atoms with E-state index in [1.807, 2.05) is 23.1 Å². The number of likely N-dealkylation sites (tertiary alicyclic amines) is 1. The minimum atomic E-state index is -0.197. The Balaban J connectivity index is 0.00000208. The molecule has 2 amide bonds. The summed E-state index contributed by atoms with van der Waals surface area (Å²) >= 11 is 0. The zero-order valence-corrected chi connectivity index (χ0v) is 14.6. The fourth-order valence-electron chi connectivity index (χ4n) is 3.27. The molecule has 1 aromatic carbocycles. The van der Waals surface area contributed by atoms with E-state index >= 15 is 0 Å². The summed E-state index contributed by atoms with van der Waals surface area (Å²) in [7, 11) is 0. The Hall–Kier alpha value is -1.63. The number of rotatable bonds is 4. The lowest BCUT2D eigenvalue weighted by Crippen LogP contribution is -2.49. The van der Waals surface area contributed by atoms with Crippen LogP contribution in [-0.2, 0) is 4.79 Å². The van der Waals surface area contributed by atoms with Gasteiger partial charge in [0, 0.05) is 50.9 Å². The Kier molecular flexibility index (Phi) is 7.02. The highest BCUT2D eigenvalue weighted by Crippen LogP contribution is 2.16. The smallest absolute Gasteiger partial charge is 0.251 e. The van der Waals surface area contributed by atoms with Gasteiger partial charge in [-0.15, -0.1) is 12.4 Å². The van der Waals surface area contributed by atoms with E-state index in [1.165, 1.54) is 0 Å². The molecule has 0 saturated carbocycles. The van der Waals surface area contributed by atoms with E-state index in [-0.39, 0.29) is 30.8 Å². The fourth-order valence-corrected chi connectivity index (χ4v) is 3.27. The van der Waals surface area contributed by atoms with Gasteiger partial charge < -0.3 is 15.5 Å².